The summed E-state index contributed by atoms with van der Waals surface area (Å²) in [5.74, 6) is -0.930. The van der Waals surface area contributed by atoms with Crippen LogP contribution in [0.25, 0.3) is 0 Å². The number of carbonyl (C=O) groups is 2. The number of nitrogens with one attached hydrogen (secondary N) is 1. The number of aryl methyl sites for hydroxylation is 1. The van der Waals surface area contributed by atoms with Gasteiger partial charge in [-0.2, -0.15) is 0 Å². The molecule has 0 fully saturated rings. The predicted molar refractivity (Wildman–Crippen MR) is 100 cm³/mol. The van der Waals surface area contributed by atoms with Crippen molar-refractivity contribution in [2.24, 2.45) is 0 Å². The second-order valence-electron chi connectivity index (χ2n) is 5.69. The second-order valence-corrected chi connectivity index (χ2v) is 6.67. The van der Waals surface area contributed by atoms with Crippen molar-refractivity contribution in [2.45, 2.75) is 13.0 Å². The van der Waals surface area contributed by atoms with E-state index in [1.807, 2.05) is 54.8 Å². The molecule has 0 aliphatic heterocycles. The Morgan fingerprint density at radius 1 is 1.12 bits per heavy atom. The van der Waals surface area contributed by atoms with Crippen LogP contribution in [0.2, 0.25) is 0 Å². The first-order valence-electron chi connectivity index (χ1n) is 8.11. The molecule has 1 amide bonds. The molecule has 6 heteroatoms. The lowest BCUT2D eigenvalue weighted by Gasteiger charge is -2.18. The highest BCUT2D eigenvalue weighted by Gasteiger charge is 2.19. The zero-order chi connectivity index (χ0) is 18.4. The summed E-state index contributed by atoms with van der Waals surface area (Å²) < 4.78 is 5.10. The molecular weight excluding hydrogens is 348 g/mol. The molecule has 0 saturated heterocycles. The third-order valence-electron chi connectivity index (χ3n) is 3.75. The number of benzene rings is 1. The van der Waals surface area contributed by atoms with E-state index in [4.69, 9.17) is 4.74 Å². The van der Waals surface area contributed by atoms with Crippen molar-refractivity contribution in [3.05, 3.63) is 87.9 Å². The van der Waals surface area contributed by atoms with Crippen molar-refractivity contribution in [2.75, 3.05) is 6.61 Å². The molecule has 0 bridgehead atoms. The molecule has 3 rings (SSSR count). The quantitative estimate of drug-likeness (QED) is 0.678. The maximum absolute atomic E-state index is 12.3. The summed E-state index contributed by atoms with van der Waals surface area (Å²) >= 11 is 1.56. The normalized spacial score (nSPS) is 11.6. The number of hydrogen-bond donors (Lipinski definition) is 1. The summed E-state index contributed by atoms with van der Waals surface area (Å²) in [5.41, 5.74) is 2.10. The minimum atomic E-state index is -0.569. The Labute approximate surface area is 155 Å². The molecule has 1 N–H and O–H groups in total. The number of esters is 1. The van der Waals surface area contributed by atoms with Gasteiger partial charge in [-0.25, -0.2) is 4.79 Å². The van der Waals surface area contributed by atoms with Crippen molar-refractivity contribution in [1.29, 1.82) is 0 Å². The summed E-state index contributed by atoms with van der Waals surface area (Å²) in [6.07, 6.45) is 1.44. The van der Waals surface area contributed by atoms with Gasteiger partial charge in [0.25, 0.3) is 5.91 Å². The maximum Gasteiger partial charge on any atom is 0.340 e. The SMILES string of the molecule is Cc1ccc(C(=O)OCC(=O)NC(c2ccccc2)c2cccs2)cn1. The van der Waals surface area contributed by atoms with Crippen LogP contribution in [0.15, 0.2) is 66.2 Å². The van der Waals surface area contributed by atoms with Crippen molar-refractivity contribution in [3.8, 4) is 0 Å². The number of nitrogens with zero attached hydrogens (tertiary/aromatic N) is 1. The lowest BCUT2D eigenvalue weighted by atomic mass is 10.1. The van der Waals surface area contributed by atoms with E-state index in [1.165, 1.54) is 6.20 Å². The molecule has 3 aromatic rings. The lowest BCUT2D eigenvalue weighted by molar-refractivity contribution is -0.124. The first kappa shape index (κ1) is 17.8. The van der Waals surface area contributed by atoms with E-state index in [9.17, 15) is 9.59 Å². The van der Waals surface area contributed by atoms with Gasteiger partial charge in [0.2, 0.25) is 0 Å². The average Bonchev–Trinajstić information content (AvgIpc) is 3.20. The Morgan fingerprint density at radius 3 is 2.58 bits per heavy atom. The zero-order valence-electron chi connectivity index (χ0n) is 14.2. The van der Waals surface area contributed by atoms with E-state index in [1.54, 1.807) is 23.5 Å². The number of rotatable bonds is 6. The Bertz CT molecular complexity index is 862. The molecule has 2 aromatic heterocycles. The van der Waals surface area contributed by atoms with E-state index >= 15 is 0 Å². The van der Waals surface area contributed by atoms with Gasteiger partial charge in [-0.05, 0) is 36.1 Å². The molecule has 0 spiro atoms. The number of thiophene rings is 1. The van der Waals surface area contributed by atoms with Crippen molar-refractivity contribution in [1.82, 2.24) is 10.3 Å². The molecule has 0 aliphatic carbocycles. The summed E-state index contributed by atoms with van der Waals surface area (Å²) in [5, 5.41) is 4.89. The first-order chi connectivity index (χ1) is 12.6. The Balaban J connectivity index is 1.63. The van der Waals surface area contributed by atoms with Gasteiger partial charge < -0.3 is 10.1 Å². The van der Waals surface area contributed by atoms with E-state index in [-0.39, 0.29) is 18.6 Å². The summed E-state index contributed by atoms with van der Waals surface area (Å²) in [6.45, 7) is 1.48. The molecular formula is C20H18N2O3S. The predicted octanol–water partition coefficient (Wildman–Crippen LogP) is 3.51. The molecule has 26 heavy (non-hydrogen) atoms. The van der Waals surface area contributed by atoms with E-state index in [0.29, 0.717) is 5.56 Å². The molecule has 0 radical (unpaired) electrons. The van der Waals surface area contributed by atoms with Crippen molar-refractivity contribution in [3.63, 3.8) is 0 Å². The fourth-order valence-electron chi connectivity index (χ4n) is 2.43. The monoisotopic (exact) mass is 366 g/mol. The molecule has 132 valence electrons. The van der Waals surface area contributed by atoms with Crippen LogP contribution in [-0.2, 0) is 9.53 Å². The van der Waals surface area contributed by atoms with Crippen LogP contribution in [0.4, 0.5) is 0 Å². The van der Waals surface area contributed by atoms with Gasteiger partial charge >= 0.3 is 5.97 Å². The molecule has 1 aromatic carbocycles. The second kappa shape index (κ2) is 8.40. The molecule has 5 nitrogen and oxygen atoms in total. The van der Waals surface area contributed by atoms with E-state index in [2.05, 4.69) is 10.3 Å². The third-order valence-corrected chi connectivity index (χ3v) is 4.68. The van der Waals surface area contributed by atoms with Gasteiger partial charge in [-0.15, -0.1) is 11.3 Å². The van der Waals surface area contributed by atoms with E-state index < -0.39 is 5.97 Å². The fraction of sp³-hybridized carbons (Fsp3) is 0.150. The Hall–Kier alpha value is -2.99. The zero-order valence-corrected chi connectivity index (χ0v) is 15.0. The number of amides is 1. The molecule has 0 aliphatic rings. The van der Waals surface area contributed by atoms with E-state index in [0.717, 1.165) is 16.1 Å². The van der Waals surface area contributed by atoms with Crippen LogP contribution in [0, 0.1) is 6.92 Å². The first-order valence-corrected chi connectivity index (χ1v) is 8.99. The minimum absolute atomic E-state index is 0.275. The van der Waals surface area contributed by atoms with Crippen molar-refractivity contribution < 1.29 is 14.3 Å². The number of hydrogen-bond acceptors (Lipinski definition) is 5. The lowest BCUT2D eigenvalue weighted by Crippen LogP contribution is -2.32. The van der Waals surface area contributed by atoms with Crippen molar-refractivity contribution >= 4 is 23.2 Å². The topological polar surface area (TPSA) is 68.3 Å². The standard InChI is InChI=1S/C20H18N2O3S/c1-14-9-10-16(12-21-14)20(24)25-13-18(23)22-19(17-8-5-11-26-17)15-6-3-2-4-7-15/h2-12,19H,13H2,1H3,(H,22,23). The smallest absolute Gasteiger partial charge is 0.340 e. The number of aromatic nitrogens is 1. The van der Waals surface area contributed by atoms with Gasteiger partial charge in [0.1, 0.15) is 0 Å². The van der Waals surface area contributed by atoms with Gasteiger partial charge in [0.05, 0.1) is 11.6 Å². The van der Waals surface area contributed by atoms with Crippen LogP contribution >= 0.6 is 11.3 Å². The molecule has 2 heterocycles. The van der Waals surface area contributed by atoms with Gasteiger partial charge in [0, 0.05) is 16.8 Å². The average molecular weight is 366 g/mol. The largest absolute Gasteiger partial charge is 0.452 e. The minimum Gasteiger partial charge on any atom is -0.452 e. The fourth-order valence-corrected chi connectivity index (χ4v) is 3.23. The number of carbonyl (C=O) groups excluding carboxylic acids is 2. The Morgan fingerprint density at radius 2 is 1.92 bits per heavy atom. The summed E-state index contributed by atoms with van der Waals surface area (Å²) in [4.78, 5) is 29.4. The van der Waals surface area contributed by atoms with Crippen LogP contribution < -0.4 is 5.32 Å². The number of ether oxygens (including phenoxy) is 1. The van der Waals surface area contributed by atoms with Gasteiger partial charge in [0.15, 0.2) is 6.61 Å². The molecule has 1 atom stereocenters. The van der Waals surface area contributed by atoms with Gasteiger partial charge in [-0.1, -0.05) is 36.4 Å². The van der Waals surface area contributed by atoms with Gasteiger partial charge in [-0.3, -0.25) is 9.78 Å². The summed E-state index contributed by atoms with van der Waals surface area (Å²) in [6, 6.07) is 16.7. The van der Waals surface area contributed by atoms with Crippen LogP contribution in [-0.4, -0.2) is 23.5 Å². The highest BCUT2D eigenvalue weighted by Crippen LogP contribution is 2.25. The number of pyridine rings is 1. The molecule has 0 saturated carbocycles. The highest BCUT2D eigenvalue weighted by molar-refractivity contribution is 7.10. The third kappa shape index (κ3) is 4.55. The molecule has 1 unspecified atom stereocenters. The van der Waals surface area contributed by atoms with Crippen LogP contribution in [0.3, 0.4) is 0 Å². The summed E-state index contributed by atoms with van der Waals surface area (Å²) in [7, 11) is 0. The van der Waals surface area contributed by atoms with Crippen LogP contribution in [0.1, 0.15) is 32.5 Å². The maximum atomic E-state index is 12.3. The highest BCUT2D eigenvalue weighted by atomic mass is 32.1. The Kier molecular flexibility index (Phi) is 5.76. The van der Waals surface area contributed by atoms with Crippen LogP contribution in [0.5, 0.6) is 0 Å².